The maximum Gasteiger partial charge on any atom is 0.329 e. The van der Waals surface area contributed by atoms with E-state index in [9.17, 15) is 29.5 Å². The molecule has 4 amide bonds. The van der Waals surface area contributed by atoms with Crippen LogP contribution in [-0.2, 0) is 21.4 Å². The van der Waals surface area contributed by atoms with Crippen molar-refractivity contribution < 1.29 is 37.7 Å². The summed E-state index contributed by atoms with van der Waals surface area (Å²) in [6.07, 6.45) is 3.63. The van der Waals surface area contributed by atoms with Crippen LogP contribution in [0.25, 0.3) is 21.8 Å². The van der Waals surface area contributed by atoms with Gasteiger partial charge in [-0.25, -0.2) is 22.9 Å². The van der Waals surface area contributed by atoms with E-state index in [0.29, 0.717) is 73.2 Å². The highest BCUT2D eigenvalue weighted by Gasteiger charge is 2.45. The largest absolute Gasteiger partial charge is 0.453 e. The molecule has 6 heterocycles. The quantitative estimate of drug-likeness (QED) is 0.135. The Morgan fingerprint density at radius 3 is 2.50 bits per heavy atom. The molecule has 3 aromatic carbocycles. The van der Waals surface area contributed by atoms with Gasteiger partial charge in [0.25, 0.3) is 5.56 Å². The fourth-order valence-corrected chi connectivity index (χ4v) is 10.0. The van der Waals surface area contributed by atoms with E-state index in [4.69, 9.17) is 9.47 Å². The van der Waals surface area contributed by atoms with Gasteiger partial charge in [0.15, 0.2) is 17.4 Å². The Balaban J connectivity index is 0.805. The Labute approximate surface area is 395 Å². The van der Waals surface area contributed by atoms with Crippen LogP contribution in [0.5, 0.6) is 11.5 Å². The summed E-state index contributed by atoms with van der Waals surface area (Å²) in [6, 6.07) is 11.5. The third-order valence-corrected chi connectivity index (χ3v) is 14.9. The molecule has 0 bridgehead atoms. The molecule has 4 aliphatic heterocycles. The SMILES string of the molecule is CN(SNc1ccc(F)c(Oc2ccc3ncn(C4COC5(CCN(C(=O)CC6(O)CCN(c7cc8c(cc7F)c(N7CCC(=O)NC7=O)nn8C)CC6)CC5)C4)c(=O)c3c2)c1C#N)C(C)(C)C. The van der Waals surface area contributed by atoms with Gasteiger partial charge < -0.3 is 29.1 Å². The number of aliphatic hydroxyl groups is 1. The second-order valence-corrected chi connectivity index (χ2v) is 20.1. The lowest BCUT2D eigenvalue weighted by Crippen LogP contribution is -2.51. The van der Waals surface area contributed by atoms with Crippen LogP contribution in [0.4, 0.5) is 30.8 Å². The first-order valence-electron chi connectivity index (χ1n) is 22.6. The maximum atomic E-state index is 15.7. The van der Waals surface area contributed by atoms with Gasteiger partial charge in [0.2, 0.25) is 11.8 Å². The fourth-order valence-electron chi connectivity index (χ4n) is 9.36. The van der Waals surface area contributed by atoms with Gasteiger partial charge in [-0.15, -0.1) is 0 Å². The zero-order valence-corrected chi connectivity index (χ0v) is 39.3. The normalized spacial score (nSPS) is 19.5. The summed E-state index contributed by atoms with van der Waals surface area (Å²) in [5.41, 5.74) is -0.665. The number of imide groups is 1. The van der Waals surface area contributed by atoms with Crippen molar-refractivity contribution in [3.05, 3.63) is 76.3 Å². The lowest BCUT2D eigenvalue weighted by atomic mass is 9.85. The standard InChI is InChI=1S/C47H53F2N11O7S/c1-45(2,3)56(5)68-54-36-9-7-33(48)41(32(36)25-50)67-29-6-8-35-30(20-29)43(63)60(27-51-35)28-23-47(66-26-28)13-18-58(19-14-47)40(62)24-46(65)11-16-57(17-12-46)38-22-37-31(21-34(38)49)42(53-55(37)4)59-15-10-39(61)52-44(59)64/h6-9,20-22,27-28,54,65H,10-19,23-24,26H2,1-5H3,(H,52,61,64). The molecule has 2 aromatic heterocycles. The number of amides is 4. The molecule has 0 saturated carbocycles. The number of likely N-dealkylation sites (tertiary alicyclic amines) is 1. The number of benzene rings is 3. The molecule has 1 unspecified atom stereocenters. The van der Waals surface area contributed by atoms with E-state index >= 15 is 8.78 Å². The first kappa shape index (κ1) is 46.8. The van der Waals surface area contributed by atoms with Gasteiger partial charge in [-0.2, -0.15) is 10.4 Å². The minimum atomic E-state index is -1.28. The summed E-state index contributed by atoms with van der Waals surface area (Å²) >= 11 is 1.26. The molecule has 4 saturated heterocycles. The Morgan fingerprint density at radius 2 is 1.79 bits per heavy atom. The van der Waals surface area contributed by atoms with Crippen LogP contribution in [0.3, 0.4) is 0 Å². The van der Waals surface area contributed by atoms with E-state index in [1.54, 1.807) is 39.4 Å². The summed E-state index contributed by atoms with van der Waals surface area (Å²) in [5.74, 6) is -1.65. The number of nitrogens with zero attached hydrogens (tertiary/aromatic N) is 9. The molecule has 18 nitrogen and oxygen atoms in total. The molecule has 1 spiro atoms. The number of carbonyl (C=O) groups excluding carboxylic acids is 3. The van der Waals surface area contributed by atoms with Gasteiger partial charge >= 0.3 is 6.03 Å². The number of hydrogen-bond acceptors (Lipinski definition) is 14. The molecule has 1 atom stereocenters. The average molecular weight is 954 g/mol. The first-order valence-corrected chi connectivity index (χ1v) is 23.4. The summed E-state index contributed by atoms with van der Waals surface area (Å²) in [4.78, 5) is 61.4. The Kier molecular flexibility index (Phi) is 12.3. The van der Waals surface area contributed by atoms with Crippen molar-refractivity contribution in [1.82, 2.24) is 33.9 Å². The number of nitriles is 1. The predicted molar refractivity (Wildman–Crippen MR) is 251 cm³/mol. The third-order valence-electron chi connectivity index (χ3n) is 13.8. The van der Waals surface area contributed by atoms with Crippen LogP contribution in [-0.4, -0.2) is 115 Å². The molecule has 358 valence electrons. The zero-order chi connectivity index (χ0) is 48.3. The number of anilines is 3. The number of hydrogen-bond donors (Lipinski definition) is 3. The lowest BCUT2D eigenvalue weighted by Gasteiger charge is -2.42. The van der Waals surface area contributed by atoms with Crippen molar-refractivity contribution in [2.45, 2.75) is 88.5 Å². The van der Waals surface area contributed by atoms with E-state index in [0.717, 1.165) is 0 Å². The maximum absolute atomic E-state index is 15.7. The van der Waals surface area contributed by atoms with E-state index in [-0.39, 0.29) is 96.1 Å². The van der Waals surface area contributed by atoms with Crippen LogP contribution >= 0.6 is 12.1 Å². The summed E-state index contributed by atoms with van der Waals surface area (Å²) in [5, 5.41) is 29.1. The highest BCUT2D eigenvalue weighted by Crippen LogP contribution is 2.42. The van der Waals surface area contributed by atoms with E-state index < -0.39 is 28.9 Å². The number of aryl methyl sites for hydroxylation is 1. The van der Waals surface area contributed by atoms with Crippen molar-refractivity contribution in [1.29, 1.82) is 5.26 Å². The lowest BCUT2D eigenvalue weighted by molar-refractivity contribution is -0.142. The van der Waals surface area contributed by atoms with E-state index in [1.807, 2.05) is 43.1 Å². The molecule has 4 fully saturated rings. The smallest absolute Gasteiger partial charge is 0.329 e. The van der Waals surface area contributed by atoms with Crippen LogP contribution in [0, 0.1) is 23.0 Å². The van der Waals surface area contributed by atoms with E-state index in [2.05, 4.69) is 20.1 Å². The summed E-state index contributed by atoms with van der Waals surface area (Å²) < 4.78 is 51.5. The number of carbonyl (C=O) groups is 3. The van der Waals surface area contributed by atoms with Crippen molar-refractivity contribution in [3.8, 4) is 17.6 Å². The minimum Gasteiger partial charge on any atom is -0.453 e. The second-order valence-electron chi connectivity index (χ2n) is 19.2. The van der Waals surface area contributed by atoms with Crippen LogP contribution in [0.2, 0.25) is 0 Å². The molecule has 4 aliphatic rings. The molecule has 3 N–H and O–H groups in total. The molecule has 21 heteroatoms. The number of halogens is 2. The van der Waals surface area contributed by atoms with Crippen LogP contribution in [0.15, 0.2) is 53.6 Å². The third kappa shape index (κ3) is 9.04. The van der Waals surface area contributed by atoms with Gasteiger partial charge in [-0.1, -0.05) is 0 Å². The Bertz CT molecular complexity index is 2930. The number of piperidine rings is 2. The number of urea groups is 1. The number of nitrogens with one attached hydrogen (secondary N) is 2. The molecule has 0 radical (unpaired) electrons. The Morgan fingerprint density at radius 1 is 1.04 bits per heavy atom. The van der Waals surface area contributed by atoms with Crippen molar-refractivity contribution in [2.24, 2.45) is 7.05 Å². The molecule has 9 rings (SSSR count). The van der Waals surface area contributed by atoms with Crippen molar-refractivity contribution >= 4 is 69.0 Å². The topological polar surface area (TPSA) is 203 Å². The van der Waals surface area contributed by atoms with E-state index in [1.165, 1.54) is 47.6 Å². The Hall–Kier alpha value is -6.34. The molecule has 0 aliphatic carbocycles. The molecule has 5 aromatic rings. The molecule has 68 heavy (non-hydrogen) atoms. The van der Waals surface area contributed by atoms with Gasteiger partial charge in [0.1, 0.15) is 23.2 Å². The van der Waals surface area contributed by atoms with Gasteiger partial charge in [-0.05, 0) is 102 Å². The summed E-state index contributed by atoms with van der Waals surface area (Å²) in [7, 11) is 3.59. The monoisotopic (exact) mass is 953 g/mol. The zero-order valence-electron chi connectivity index (χ0n) is 38.5. The highest BCUT2D eigenvalue weighted by molar-refractivity contribution is 7.98. The number of rotatable bonds is 10. The van der Waals surface area contributed by atoms with Gasteiger partial charge in [0.05, 0.1) is 64.4 Å². The molecular formula is C47H53F2N11O7S. The highest BCUT2D eigenvalue weighted by atomic mass is 32.2. The predicted octanol–water partition coefficient (Wildman–Crippen LogP) is 6.12. The minimum absolute atomic E-state index is 0.0275. The van der Waals surface area contributed by atoms with Gasteiger partial charge in [-0.3, -0.25) is 33.8 Å². The fraction of sp³-hybridized carbons (Fsp3) is 0.468. The van der Waals surface area contributed by atoms with Crippen molar-refractivity contribution in [2.75, 3.05) is 60.9 Å². The second kappa shape index (κ2) is 18.0. The number of ether oxygens (including phenoxy) is 2. The summed E-state index contributed by atoms with van der Waals surface area (Å²) in [6.45, 7) is 7.94. The van der Waals surface area contributed by atoms with Gasteiger partial charge in [0, 0.05) is 69.3 Å². The van der Waals surface area contributed by atoms with Crippen LogP contribution < -0.4 is 30.1 Å². The first-order chi connectivity index (χ1) is 32.3. The number of fused-ring (bicyclic) bond motifs is 2. The van der Waals surface area contributed by atoms with Crippen molar-refractivity contribution in [3.63, 3.8) is 0 Å². The number of aromatic nitrogens is 4. The molecular weight excluding hydrogens is 901 g/mol. The van der Waals surface area contributed by atoms with Crippen LogP contribution in [0.1, 0.15) is 77.3 Å². The average Bonchev–Trinajstić information content (AvgIpc) is 3.85.